The Morgan fingerprint density at radius 1 is 0.973 bits per heavy atom. The van der Waals surface area contributed by atoms with E-state index in [0.29, 0.717) is 33.5 Å². The third kappa shape index (κ3) is 6.47. The number of anilines is 2. The third-order valence-electron chi connectivity index (χ3n) is 6.24. The van der Waals surface area contributed by atoms with Gasteiger partial charge in [0.15, 0.2) is 11.5 Å². The number of sulfonamides is 1. The minimum Gasteiger partial charge on any atom is -0.493 e. The Morgan fingerprint density at radius 3 is 2.38 bits per heavy atom. The molecular formula is C27H30ClN3O5S. The molecule has 0 saturated heterocycles. The molecule has 0 unspecified atom stereocenters. The molecule has 1 aliphatic carbocycles. The van der Waals surface area contributed by atoms with Gasteiger partial charge in [-0.3, -0.25) is 9.52 Å². The monoisotopic (exact) mass is 543 g/mol. The Kier molecular flexibility index (Phi) is 8.45. The van der Waals surface area contributed by atoms with Gasteiger partial charge < -0.3 is 20.1 Å². The molecule has 3 N–H and O–H groups in total. The highest BCUT2D eigenvalue weighted by molar-refractivity contribution is 7.92. The van der Waals surface area contributed by atoms with Crippen molar-refractivity contribution in [1.29, 1.82) is 0 Å². The topological polar surface area (TPSA) is 106 Å². The van der Waals surface area contributed by atoms with Crippen LogP contribution in [-0.4, -0.2) is 34.6 Å². The minimum absolute atomic E-state index is 0.0312. The first-order valence-corrected chi connectivity index (χ1v) is 13.8. The molecular weight excluding hydrogens is 514 g/mol. The Bertz CT molecular complexity index is 1360. The van der Waals surface area contributed by atoms with Gasteiger partial charge in [-0.2, -0.15) is 0 Å². The van der Waals surface area contributed by atoms with Crippen LogP contribution >= 0.6 is 11.6 Å². The molecule has 3 aromatic carbocycles. The van der Waals surface area contributed by atoms with Crippen molar-refractivity contribution in [1.82, 2.24) is 5.32 Å². The van der Waals surface area contributed by atoms with Crippen LogP contribution < -0.4 is 24.8 Å². The van der Waals surface area contributed by atoms with Gasteiger partial charge in [0.1, 0.15) is 0 Å². The molecule has 1 fully saturated rings. The number of ether oxygens (including phenoxy) is 2. The molecule has 0 heterocycles. The van der Waals surface area contributed by atoms with E-state index in [-0.39, 0.29) is 29.0 Å². The van der Waals surface area contributed by atoms with Crippen LogP contribution in [0.15, 0.2) is 65.6 Å². The molecule has 0 radical (unpaired) electrons. The maximum Gasteiger partial charge on any atom is 0.261 e. The summed E-state index contributed by atoms with van der Waals surface area (Å²) in [4.78, 5) is 13.0. The van der Waals surface area contributed by atoms with E-state index in [1.165, 1.54) is 26.4 Å². The lowest BCUT2D eigenvalue weighted by Crippen LogP contribution is -2.32. The van der Waals surface area contributed by atoms with Gasteiger partial charge in [-0.25, -0.2) is 8.42 Å². The van der Waals surface area contributed by atoms with Crippen molar-refractivity contribution in [2.45, 2.75) is 43.2 Å². The van der Waals surface area contributed by atoms with E-state index in [0.717, 1.165) is 25.7 Å². The van der Waals surface area contributed by atoms with Crippen molar-refractivity contribution in [3.8, 4) is 11.5 Å². The summed E-state index contributed by atoms with van der Waals surface area (Å²) >= 11 is 6.52. The summed E-state index contributed by atoms with van der Waals surface area (Å²) in [5.41, 5.74) is 1.85. The van der Waals surface area contributed by atoms with E-state index < -0.39 is 10.0 Å². The normalized spacial score (nSPS) is 13.7. The maximum absolute atomic E-state index is 13.2. The molecule has 4 rings (SSSR count). The molecule has 10 heteroatoms. The first-order chi connectivity index (χ1) is 17.8. The molecule has 0 bridgehead atoms. The van der Waals surface area contributed by atoms with Gasteiger partial charge in [-0.05, 0) is 54.8 Å². The zero-order chi connectivity index (χ0) is 26.4. The van der Waals surface area contributed by atoms with E-state index in [9.17, 15) is 13.2 Å². The Labute approximate surface area is 222 Å². The van der Waals surface area contributed by atoms with Crippen molar-refractivity contribution in [3.63, 3.8) is 0 Å². The number of para-hydroxylation sites is 1. The second-order valence-corrected chi connectivity index (χ2v) is 10.9. The lowest BCUT2D eigenvalue weighted by Gasteiger charge is -2.17. The molecule has 196 valence electrons. The van der Waals surface area contributed by atoms with E-state index in [1.54, 1.807) is 48.5 Å². The Hall–Kier alpha value is -3.43. The lowest BCUT2D eigenvalue weighted by molar-refractivity contribution is 0.0937. The van der Waals surface area contributed by atoms with Gasteiger partial charge in [0, 0.05) is 29.5 Å². The number of rotatable bonds is 10. The fourth-order valence-electron chi connectivity index (χ4n) is 4.31. The van der Waals surface area contributed by atoms with Crippen LogP contribution in [0.3, 0.4) is 0 Å². The molecule has 0 aromatic heterocycles. The number of carbonyl (C=O) groups is 1. The standard InChI is InChI=1S/C27H30ClN3O5S/c1-35-24-13-12-18(25(28)26(24)36-2)17-29-22-14-19(27(32)30-20-8-6-7-9-20)15-23(16-22)37(33,34)31-21-10-4-3-5-11-21/h3-5,10-16,20,29,31H,6-9,17H2,1-2H3,(H,30,32). The average Bonchev–Trinajstić information content (AvgIpc) is 3.41. The highest BCUT2D eigenvalue weighted by Crippen LogP contribution is 2.37. The Balaban J connectivity index is 1.64. The summed E-state index contributed by atoms with van der Waals surface area (Å²) in [5, 5.41) is 6.61. The maximum atomic E-state index is 13.2. The second-order valence-electron chi connectivity index (χ2n) is 8.80. The van der Waals surface area contributed by atoms with E-state index in [1.807, 2.05) is 0 Å². The van der Waals surface area contributed by atoms with Crippen LogP contribution in [0.2, 0.25) is 5.02 Å². The summed E-state index contributed by atoms with van der Waals surface area (Å²) in [6.07, 6.45) is 3.98. The molecule has 0 atom stereocenters. The van der Waals surface area contributed by atoms with Gasteiger partial charge in [-0.15, -0.1) is 0 Å². The van der Waals surface area contributed by atoms with Gasteiger partial charge in [0.2, 0.25) is 0 Å². The smallest absolute Gasteiger partial charge is 0.261 e. The summed E-state index contributed by atoms with van der Waals surface area (Å²) in [6, 6.07) is 16.8. The van der Waals surface area contributed by atoms with Crippen molar-refractivity contribution >= 4 is 38.9 Å². The molecule has 1 aliphatic rings. The van der Waals surface area contributed by atoms with Crippen LogP contribution in [0, 0.1) is 0 Å². The summed E-state index contributed by atoms with van der Waals surface area (Å²) in [5.74, 6) is 0.599. The molecule has 1 saturated carbocycles. The number of nitrogens with one attached hydrogen (secondary N) is 3. The summed E-state index contributed by atoms with van der Waals surface area (Å²) < 4.78 is 39.7. The summed E-state index contributed by atoms with van der Waals surface area (Å²) in [6.45, 7) is 0.262. The zero-order valence-electron chi connectivity index (χ0n) is 20.7. The fourth-order valence-corrected chi connectivity index (χ4v) is 5.74. The second kappa shape index (κ2) is 11.7. The van der Waals surface area contributed by atoms with Gasteiger partial charge in [0.25, 0.3) is 15.9 Å². The minimum atomic E-state index is -3.96. The third-order valence-corrected chi connectivity index (χ3v) is 8.02. The van der Waals surface area contributed by atoms with Crippen molar-refractivity contribution in [2.75, 3.05) is 24.3 Å². The first kappa shape index (κ1) is 26.6. The largest absolute Gasteiger partial charge is 0.493 e. The molecule has 1 amide bonds. The van der Waals surface area contributed by atoms with E-state index in [4.69, 9.17) is 21.1 Å². The molecule has 3 aromatic rings. The van der Waals surface area contributed by atoms with Crippen LogP contribution in [0.4, 0.5) is 11.4 Å². The molecule has 0 spiro atoms. The van der Waals surface area contributed by atoms with Gasteiger partial charge in [0.05, 0.1) is 24.1 Å². The predicted molar refractivity (Wildman–Crippen MR) is 145 cm³/mol. The fraction of sp³-hybridized carbons (Fsp3) is 0.296. The molecule has 0 aliphatic heterocycles. The molecule has 8 nitrogen and oxygen atoms in total. The summed E-state index contributed by atoms with van der Waals surface area (Å²) in [7, 11) is -0.931. The first-order valence-electron chi connectivity index (χ1n) is 12.0. The van der Waals surface area contributed by atoms with Crippen LogP contribution in [0.25, 0.3) is 0 Å². The number of benzene rings is 3. The Morgan fingerprint density at radius 2 is 1.70 bits per heavy atom. The average molecular weight is 544 g/mol. The number of hydrogen-bond donors (Lipinski definition) is 3. The number of hydrogen-bond acceptors (Lipinski definition) is 6. The quantitative estimate of drug-likeness (QED) is 0.314. The van der Waals surface area contributed by atoms with Crippen molar-refractivity contribution in [3.05, 3.63) is 76.8 Å². The van der Waals surface area contributed by atoms with Crippen LogP contribution in [0.5, 0.6) is 11.5 Å². The highest BCUT2D eigenvalue weighted by atomic mass is 35.5. The highest BCUT2D eigenvalue weighted by Gasteiger charge is 2.22. The van der Waals surface area contributed by atoms with Gasteiger partial charge >= 0.3 is 0 Å². The van der Waals surface area contributed by atoms with E-state index in [2.05, 4.69) is 15.4 Å². The van der Waals surface area contributed by atoms with Crippen molar-refractivity contribution in [2.24, 2.45) is 0 Å². The number of halogens is 1. The number of carbonyl (C=O) groups excluding carboxylic acids is 1. The molecule has 37 heavy (non-hydrogen) atoms. The SMILES string of the molecule is COc1ccc(CNc2cc(C(=O)NC3CCCC3)cc(S(=O)(=O)Nc3ccccc3)c2)c(Cl)c1OC. The lowest BCUT2D eigenvalue weighted by atomic mass is 10.1. The van der Waals surface area contributed by atoms with Crippen LogP contribution in [0.1, 0.15) is 41.6 Å². The predicted octanol–water partition coefficient (Wildman–Crippen LogP) is 5.44. The van der Waals surface area contributed by atoms with E-state index >= 15 is 0 Å². The number of methoxy groups -OCH3 is 2. The van der Waals surface area contributed by atoms with Gasteiger partial charge in [-0.1, -0.05) is 48.7 Å². The van der Waals surface area contributed by atoms with Crippen LogP contribution in [-0.2, 0) is 16.6 Å². The van der Waals surface area contributed by atoms with Crippen molar-refractivity contribution < 1.29 is 22.7 Å². The zero-order valence-corrected chi connectivity index (χ0v) is 22.3. The number of amides is 1.